The average Bonchev–Trinajstić information content (AvgIpc) is 2.28. The largest absolute Gasteiger partial charge is 0.495 e. The van der Waals surface area contributed by atoms with Gasteiger partial charge in [-0.05, 0) is 26.0 Å². The summed E-state index contributed by atoms with van der Waals surface area (Å²) < 4.78 is 31.6. The molecule has 0 heterocycles. The van der Waals surface area contributed by atoms with Crippen LogP contribution in [0, 0.1) is 12.3 Å². The van der Waals surface area contributed by atoms with Crippen LogP contribution >= 0.6 is 0 Å². The molecular formula is C12H16N2O3S. The number of anilines is 1. The van der Waals surface area contributed by atoms with Gasteiger partial charge in [-0.1, -0.05) is 5.92 Å². The van der Waals surface area contributed by atoms with Gasteiger partial charge in [-0.3, -0.25) is 0 Å². The van der Waals surface area contributed by atoms with Gasteiger partial charge in [0.05, 0.1) is 23.2 Å². The molecule has 0 spiro atoms. The van der Waals surface area contributed by atoms with Crippen molar-refractivity contribution in [2.45, 2.75) is 24.3 Å². The molecule has 5 nitrogen and oxygen atoms in total. The highest BCUT2D eigenvalue weighted by atomic mass is 32.2. The number of hydrogen-bond acceptors (Lipinski definition) is 4. The molecule has 6 heteroatoms. The van der Waals surface area contributed by atoms with Crippen LogP contribution in [0.25, 0.3) is 0 Å². The van der Waals surface area contributed by atoms with E-state index < -0.39 is 15.6 Å². The van der Waals surface area contributed by atoms with E-state index in [0.717, 1.165) is 0 Å². The van der Waals surface area contributed by atoms with Gasteiger partial charge >= 0.3 is 0 Å². The van der Waals surface area contributed by atoms with E-state index in [1.54, 1.807) is 13.8 Å². The first kappa shape index (κ1) is 14.4. The van der Waals surface area contributed by atoms with E-state index in [0.29, 0.717) is 11.4 Å². The minimum absolute atomic E-state index is 0.0527. The fourth-order valence-electron chi connectivity index (χ4n) is 1.28. The van der Waals surface area contributed by atoms with Gasteiger partial charge in [0.25, 0.3) is 0 Å². The normalized spacial score (nSPS) is 11.9. The monoisotopic (exact) mass is 268 g/mol. The highest BCUT2D eigenvalue weighted by molar-refractivity contribution is 7.89. The summed E-state index contributed by atoms with van der Waals surface area (Å²) in [6, 6.07) is 4.22. The summed E-state index contributed by atoms with van der Waals surface area (Å²) in [5, 5.41) is 0. The molecule has 0 saturated carbocycles. The van der Waals surface area contributed by atoms with Gasteiger partial charge in [0.15, 0.2) is 0 Å². The first-order chi connectivity index (χ1) is 8.22. The fraction of sp³-hybridized carbons (Fsp3) is 0.333. The second-order valence-corrected chi connectivity index (χ2v) is 5.96. The molecule has 0 saturated heterocycles. The molecule has 0 aromatic heterocycles. The third kappa shape index (κ3) is 3.15. The molecule has 98 valence electrons. The van der Waals surface area contributed by atoms with Gasteiger partial charge in [0.1, 0.15) is 5.75 Å². The van der Waals surface area contributed by atoms with Crippen molar-refractivity contribution >= 4 is 15.7 Å². The Bertz CT molecular complexity index is 586. The van der Waals surface area contributed by atoms with Crippen molar-refractivity contribution in [2.24, 2.45) is 0 Å². The van der Waals surface area contributed by atoms with E-state index in [2.05, 4.69) is 10.6 Å². The van der Waals surface area contributed by atoms with Gasteiger partial charge in [0.2, 0.25) is 10.0 Å². The van der Waals surface area contributed by atoms with Gasteiger partial charge in [-0.25, -0.2) is 8.42 Å². The van der Waals surface area contributed by atoms with Crippen molar-refractivity contribution in [1.29, 1.82) is 0 Å². The molecule has 0 aliphatic heterocycles. The Morgan fingerprint density at radius 2 is 2.06 bits per heavy atom. The molecule has 0 aliphatic rings. The van der Waals surface area contributed by atoms with E-state index in [1.807, 2.05) is 0 Å². The first-order valence-corrected chi connectivity index (χ1v) is 6.65. The highest BCUT2D eigenvalue weighted by Gasteiger charge is 2.24. The lowest BCUT2D eigenvalue weighted by Gasteiger charge is -2.19. The maximum Gasteiger partial charge on any atom is 0.241 e. The second-order valence-electron chi connectivity index (χ2n) is 4.28. The molecule has 0 unspecified atom stereocenters. The highest BCUT2D eigenvalue weighted by Crippen LogP contribution is 2.25. The number of nitrogen functional groups attached to an aromatic ring is 1. The van der Waals surface area contributed by atoms with Crippen LogP contribution in [-0.2, 0) is 10.0 Å². The third-order valence-electron chi connectivity index (χ3n) is 2.27. The maximum atomic E-state index is 12.1. The molecule has 0 amide bonds. The first-order valence-electron chi connectivity index (χ1n) is 5.17. The zero-order chi connectivity index (χ0) is 14.0. The lowest BCUT2D eigenvalue weighted by Crippen LogP contribution is -2.41. The Morgan fingerprint density at radius 3 is 2.56 bits per heavy atom. The average molecular weight is 268 g/mol. The Hall–Kier alpha value is -1.71. The summed E-state index contributed by atoms with van der Waals surface area (Å²) in [7, 11) is -2.29. The van der Waals surface area contributed by atoms with E-state index in [-0.39, 0.29) is 4.90 Å². The summed E-state index contributed by atoms with van der Waals surface area (Å²) in [6.07, 6.45) is 5.25. The van der Waals surface area contributed by atoms with Crippen LogP contribution in [0.1, 0.15) is 13.8 Å². The molecular weight excluding hydrogens is 252 g/mol. The van der Waals surface area contributed by atoms with Crippen LogP contribution in [0.5, 0.6) is 5.75 Å². The van der Waals surface area contributed by atoms with Crippen LogP contribution in [0.15, 0.2) is 23.1 Å². The standard InChI is InChI=1S/C12H16N2O3S/c1-5-12(2,3)14-18(15,16)9-6-7-10(13)11(8-9)17-4/h1,6-8,14H,13H2,2-4H3. The predicted molar refractivity (Wildman–Crippen MR) is 70.6 cm³/mol. The number of methoxy groups -OCH3 is 1. The molecule has 1 rings (SSSR count). The topological polar surface area (TPSA) is 81.4 Å². The van der Waals surface area contributed by atoms with Crippen molar-refractivity contribution in [2.75, 3.05) is 12.8 Å². The number of nitrogens with one attached hydrogen (secondary N) is 1. The summed E-state index contributed by atoms with van der Waals surface area (Å²) >= 11 is 0. The summed E-state index contributed by atoms with van der Waals surface area (Å²) in [6.45, 7) is 3.19. The van der Waals surface area contributed by atoms with E-state index in [4.69, 9.17) is 16.9 Å². The SMILES string of the molecule is C#CC(C)(C)NS(=O)(=O)c1ccc(N)c(OC)c1. The molecule has 0 aliphatic carbocycles. The van der Waals surface area contributed by atoms with Gasteiger partial charge in [-0.15, -0.1) is 6.42 Å². The summed E-state index contributed by atoms with van der Waals surface area (Å²) in [5.74, 6) is 2.66. The Morgan fingerprint density at radius 1 is 1.44 bits per heavy atom. The number of benzene rings is 1. The van der Waals surface area contributed by atoms with Crippen molar-refractivity contribution in [3.05, 3.63) is 18.2 Å². The lowest BCUT2D eigenvalue weighted by molar-refractivity contribution is 0.415. The van der Waals surface area contributed by atoms with Crippen LogP contribution < -0.4 is 15.2 Å². The smallest absolute Gasteiger partial charge is 0.241 e. The molecule has 1 aromatic rings. The number of ether oxygens (including phenoxy) is 1. The molecule has 0 radical (unpaired) electrons. The van der Waals surface area contributed by atoms with Crippen molar-refractivity contribution in [1.82, 2.24) is 4.72 Å². The third-order valence-corrected chi connectivity index (χ3v) is 3.92. The Balaban J connectivity index is 3.18. The van der Waals surface area contributed by atoms with Gasteiger partial charge in [-0.2, -0.15) is 4.72 Å². The minimum atomic E-state index is -3.71. The van der Waals surface area contributed by atoms with Crippen molar-refractivity contribution in [3.63, 3.8) is 0 Å². The number of hydrogen-bond donors (Lipinski definition) is 2. The van der Waals surface area contributed by atoms with Crippen molar-refractivity contribution in [3.8, 4) is 18.1 Å². The van der Waals surface area contributed by atoms with Gasteiger partial charge < -0.3 is 10.5 Å². The molecule has 3 N–H and O–H groups in total. The van der Waals surface area contributed by atoms with E-state index >= 15 is 0 Å². The van der Waals surface area contributed by atoms with E-state index in [9.17, 15) is 8.42 Å². The molecule has 0 atom stereocenters. The van der Waals surface area contributed by atoms with Crippen LogP contribution in [0.2, 0.25) is 0 Å². The van der Waals surface area contributed by atoms with Crippen LogP contribution in [-0.4, -0.2) is 21.1 Å². The quantitative estimate of drug-likeness (QED) is 0.629. The number of terminal acetylenes is 1. The zero-order valence-corrected chi connectivity index (χ0v) is 11.3. The number of rotatable bonds is 4. The minimum Gasteiger partial charge on any atom is -0.495 e. The zero-order valence-electron chi connectivity index (χ0n) is 10.5. The second kappa shape index (κ2) is 4.88. The molecule has 0 bridgehead atoms. The summed E-state index contributed by atoms with van der Waals surface area (Å²) in [5.41, 5.74) is 5.03. The predicted octanol–water partition coefficient (Wildman–Crippen LogP) is 0.968. The number of nitrogens with two attached hydrogens (primary N) is 1. The Kier molecular flexibility index (Phi) is 3.89. The maximum absolute atomic E-state index is 12.1. The van der Waals surface area contributed by atoms with Crippen LogP contribution in [0.4, 0.5) is 5.69 Å². The Labute approximate surface area is 107 Å². The molecule has 0 fully saturated rings. The van der Waals surface area contributed by atoms with Crippen LogP contribution in [0.3, 0.4) is 0 Å². The summed E-state index contributed by atoms with van der Waals surface area (Å²) in [4.78, 5) is 0.0527. The van der Waals surface area contributed by atoms with Crippen molar-refractivity contribution < 1.29 is 13.2 Å². The lowest BCUT2D eigenvalue weighted by atomic mass is 10.1. The van der Waals surface area contributed by atoms with E-state index in [1.165, 1.54) is 25.3 Å². The molecule has 18 heavy (non-hydrogen) atoms. The van der Waals surface area contributed by atoms with Gasteiger partial charge in [0, 0.05) is 6.07 Å². The fourth-order valence-corrected chi connectivity index (χ4v) is 2.64. The molecule has 1 aromatic carbocycles. The number of sulfonamides is 1.